The van der Waals surface area contributed by atoms with Crippen molar-refractivity contribution in [1.29, 1.82) is 0 Å². The Morgan fingerprint density at radius 1 is 1.06 bits per heavy atom. The summed E-state index contributed by atoms with van der Waals surface area (Å²) < 4.78 is 5.26. The van der Waals surface area contributed by atoms with E-state index in [0.717, 1.165) is 24.0 Å². The number of hydrogen-bond donors (Lipinski definition) is 3. The topological polar surface area (TPSA) is 108 Å². The maximum atomic E-state index is 13.6. The molecule has 0 saturated carbocycles. The van der Waals surface area contributed by atoms with Crippen LogP contribution >= 0.6 is 0 Å². The maximum Gasteiger partial charge on any atom is 0.408 e. The molecule has 8 nitrogen and oxygen atoms in total. The number of nitrogens with zero attached hydrogens (tertiary/aromatic N) is 1. The molecule has 0 aliphatic rings. The van der Waals surface area contributed by atoms with E-state index >= 15 is 0 Å². The lowest BCUT2D eigenvalue weighted by atomic mass is 9.98. The van der Waals surface area contributed by atoms with Gasteiger partial charge in [0.1, 0.15) is 17.7 Å². The van der Waals surface area contributed by atoms with Gasteiger partial charge in [0.2, 0.25) is 11.8 Å². The van der Waals surface area contributed by atoms with Crippen LogP contribution in [0.4, 0.5) is 4.79 Å². The summed E-state index contributed by atoms with van der Waals surface area (Å²) in [7, 11) is 0. The van der Waals surface area contributed by atoms with Gasteiger partial charge in [0.05, 0.1) is 6.61 Å². The summed E-state index contributed by atoms with van der Waals surface area (Å²) in [6, 6.07) is 3.43. The smallest absolute Gasteiger partial charge is 0.408 e. The molecule has 0 saturated heterocycles. The van der Waals surface area contributed by atoms with Crippen molar-refractivity contribution in [1.82, 2.24) is 15.5 Å². The molecule has 0 aromatic heterocycles. The third-order valence-corrected chi connectivity index (χ3v) is 5.29. The molecular weight excluding hydrogens is 434 g/mol. The molecule has 34 heavy (non-hydrogen) atoms. The first-order chi connectivity index (χ1) is 15.8. The minimum Gasteiger partial charge on any atom is -0.444 e. The number of nitrogens with one attached hydrogen (secondary N) is 2. The summed E-state index contributed by atoms with van der Waals surface area (Å²) in [5.41, 5.74) is 2.01. The average Bonchev–Trinajstić information content (AvgIpc) is 2.71. The van der Waals surface area contributed by atoms with Gasteiger partial charge in [0, 0.05) is 12.6 Å². The first-order valence-corrected chi connectivity index (χ1v) is 12.1. The van der Waals surface area contributed by atoms with E-state index in [0.29, 0.717) is 18.5 Å². The summed E-state index contributed by atoms with van der Waals surface area (Å²) in [5, 5.41) is 15.4. The molecule has 2 atom stereocenters. The van der Waals surface area contributed by atoms with Crippen LogP contribution in [0.3, 0.4) is 0 Å². The first kappa shape index (κ1) is 29.4. The van der Waals surface area contributed by atoms with Gasteiger partial charge in [-0.2, -0.15) is 0 Å². The summed E-state index contributed by atoms with van der Waals surface area (Å²) in [4.78, 5) is 40.8. The highest BCUT2D eigenvalue weighted by Crippen LogP contribution is 2.25. The second-order valence-corrected chi connectivity index (χ2v) is 10.0. The number of aliphatic hydroxyl groups excluding tert-OH is 1. The predicted octanol–water partition coefficient (Wildman–Crippen LogP) is 3.77. The number of benzene rings is 1. The molecule has 0 spiro atoms. The van der Waals surface area contributed by atoms with Gasteiger partial charge >= 0.3 is 6.09 Å². The highest BCUT2D eigenvalue weighted by atomic mass is 16.6. The predicted molar refractivity (Wildman–Crippen MR) is 133 cm³/mol. The van der Waals surface area contributed by atoms with Crippen LogP contribution < -0.4 is 10.6 Å². The Hall–Kier alpha value is -2.61. The van der Waals surface area contributed by atoms with Gasteiger partial charge in [0.15, 0.2) is 0 Å². The van der Waals surface area contributed by atoms with E-state index in [9.17, 15) is 19.5 Å². The Bertz CT molecular complexity index is 832. The van der Waals surface area contributed by atoms with E-state index < -0.39 is 36.3 Å². The number of carbonyl (C=O) groups is 3. The van der Waals surface area contributed by atoms with Gasteiger partial charge in [-0.1, -0.05) is 38.0 Å². The lowest BCUT2D eigenvalue weighted by molar-refractivity contribution is -0.143. The number of carbonyl (C=O) groups excluding carboxylic acids is 3. The number of hydrogen-bond acceptors (Lipinski definition) is 5. The Labute approximate surface area is 204 Å². The van der Waals surface area contributed by atoms with Crippen molar-refractivity contribution in [3.05, 3.63) is 34.9 Å². The molecule has 0 radical (unpaired) electrons. The van der Waals surface area contributed by atoms with Crippen molar-refractivity contribution in [2.45, 2.75) is 98.4 Å². The molecule has 1 aromatic rings. The summed E-state index contributed by atoms with van der Waals surface area (Å²) in [6.07, 6.45) is 1.69. The fourth-order valence-electron chi connectivity index (χ4n) is 3.51. The van der Waals surface area contributed by atoms with Gasteiger partial charge in [-0.05, 0) is 71.6 Å². The van der Waals surface area contributed by atoms with Crippen molar-refractivity contribution < 1.29 is 24.2 Å². The van der Waals surface area contributed by atoms with Gasteiger partial charge < -0.3 is 25.4 Å². The van der Waals surface area contributed by atoms with E-state index in [-0.39, 0.29) is 11.9 Å². The largest absolute Gasteiger partial charge is 0.444 e. The van der Waals surface area contributed by atoms with E-state index in [1.165, 1.54) is 4.90 Å². The molecule has 0 fully saturated rings. The van der Waals surface area contributed by atoms with Crippen molar-refractivity contribution in [3.8, 4) is 0 Å². The molecule has 0 aliphatic heterocycles. The Morgan fingerprint density at radius 2 is 1.71 bits per heavy atom. The molecule has 3 amide bonds. The number of rotatable bonds is 11. The van der Waals surface area contributed by atoms with Crippen molar-refractivity contribution in [2.75, 3.05) is 13.2 Å². The fourth-order valence-corrected chi connectivity index (χ4v) is 3.51. The standard InChI is InChI=1S/C26H43N3O5/c1-9-10-11-14-29(24(32)21(16-30)28-25(33)34-26(6,7)8)22(23(31)27-17(2)3)20-13-12-18(4)19(5)15-20/h12-13,15,17,21-22,30H,9-11,14,16H2,1-8H3,(H,27,31)(H,28,33). The molecule has 0 aliphatic carbocycles. The van der Waals surface area contributed by atoms with Crippen LogP contribution in [0.15, 0.2) is 18.2 Å². The Kier molecular flexibility index (Phi) is 11.5. The average molecular weight is 478 g/mol. The number of aryl methyl sites for hydroxylation is 2. The summed E-state index contributed by atoms with van der Waals surface area (Å²) >= 11 is 0. The van der Waals surface area contributed by atoms with Crippen molar-refractivity contribution >= 4 is 17.9 Å². The highest BCUT2D eigenvalue weighted by Gasteiger charge is 2.36. The Balaban J connectivity index is 3.41. The van der Waals surface area contributed by atoms with Crippen LogP contribution in [0.2, 0.25) is 0 Å². The molecular formula is C26H43N3O5. The lowest BCUT2D eigenvalue weighted by Crippen LogP contribution is -2.55. The molecule has 1 aromatic carbocycles. The van der Waals surface area contributed by atoms with Gasteiger partial charge in [-0.25, -0.2) is 4.79 Å². The molecule has 2 unspecified atom stereocenters. The molecule has 192 valence electrons. The van der Waals surface area contributed by atoms with Crippen LogP contribution in [0.25, 0.3) is 0 Å². The second-order valence-electron chi connectivity index (χ2n) is 10.0. The van der Waals surface area contributed by atoms with Gasteiger partial charge in [0.25, 0.3) is 0 Å². The third kappa shape index (κ3) is 9.33. The summed E-state index contributed by atoms with van der Waals surface area (Å²) in [5.74, 6) is -0.844. The van der Waals surface area contributed by atoms with Crippen LogP contribution in [0.1, 0.15) is 83.5 Å². The zero-order valence-corrected chi connectivity index (χ0v) is 22.0. The number of aliphatic hydroxyl groups is 1. The van der Waals surface area contributed by atoms with Crippen molar-refractivity contribution in [3.63, 3.8) is 0 Å². The van der Waals surface area contributed by atoms with E-state index in [1.54, 1.807) is 20.8 Å². The third-order valence-electron chi connectivity index (χ3n) is 5.29. The van der Waals surface area contributed by atoms with E-state index in [1.807, 2.05) is 45.9 Å². The SMILES string of the molecule is CCCCCN(C(=O)C(CO)NC(=O)OC(C)(C)C)C(C(=O)NC(C)C)c1ccc(C)c(C)c1. The summed E-state index contributed by atoms with van der Waals surface area (Å²) in [6.45, 7) is 14.6. The number of alkyl carbamates (subject to hydrolysis) is 1. The van der Waals surface area contributed by atoms with Gasteiger partial charge in [-0.15, -0.1) is 0 Å². The van der Waals surface area contributed by atoms with Gasteiger partial charge in [-0.3, -0.25) is 9.59 Å². The van der Waals surface area contributed by atoms with Crippen LogP contribution in [0.5, 0.6) is 0 Å². The molecule has 0 heterocycles. The zero-order chi connectivity index (χ0) is 26.1. The van der Waals surface area contributed by atoms with E-state index in [4.69, 9.17) is 4.74 Å². The van der Waals surface area contributed by atoms with Crippen LogP contribution in [-0.4, -0.2) is 58.8 Å². The maximum absolute atomic E-state index is 13.6. The highest BCUT2D eigenvalue weighted by molar-refractivity contribution is 5.92. The molecule has 1 rings (SSSR count). The molecule has 8 heteroatoms. The number of ether oxygens (including phenoxy) is 1. The molecule has 0 bridgehead atoms. The number of amides is 3. The Morgan fingerprint density at radius 3 is 2.21 bits per heavy atom. The minimum absolute atomic E-state index is 0.123. The molecule has 3 N–H and O–H groups in total. The lowest BCUT2D eigenvalue weighted by Gasteiger charge is -2.34. The minimum atomic E-state index is -1.24. The zero-order valence-electron chi connectivity index (χ0n) is 22.0. The second kappa shape index (κ2) is 13.3. The van der Waals surface area contributed by atoms with Crippen LogP contribution in [0, 0.1) is 13.8 Å². The number of unbranched alkanes of at least 4 members (excludes halogenated alkanes) is 2. The monoisotopic (exact) mass is 477 g/mol. The first-order valence-electron chi connectivity index (χ1n) is 12.1. The van der Waals surface area contributed by atoms with Crippen LogP contribution in [-0.2, 0) is 14.3 Å². The van der Waals surface area contributed by atoms with Crippen molar-refractivity contribution in [2.24, 2.45) is 0 Å². The fraction of sp³-hybridized carbons (Fsp3) is 0.654. The van der Waals surface area contributed by atoms with E-state index in [2.05, 4.69) is 17.6 Å². The normalized spacial score (nSPS) is 13.2. The quantitative estimate of drug-likeness (QED) is 0.421.